The Hall–Kier alpha value is -1.36. The third-order valence-corrected chi connectivity index (χ3v) is 3.61. The summed E-state index contributed by atoms with van der Waals surface area (Å²) < 4.78 is 1.94. The third-order valence-electron chi connectivity index (χ3n) is 3.61. The van der Waals surface area contributed by atoms with Gasteiger partial charge in [-0.05, 0) is 38.2 Å². The first-order chi connectivity index (χ1) is 8.65. The number of hydrogen-bond acceptors (Lipinski definition) is 3. The summed E-state index contributed by atoms with van der Waals surface area (Å²) in [6.45, 7) is 3.79. The summed E-state index contributed by atoms with van der Waals surface area (Å²) in [5, 5.41) is 16.6. The van der Waals surface area contributed by atoms with Crippen LogP contribution < -0.4 is 5.32 Å². The van der Waals surface area contributed by atoms with Gasteiger partial charge >= 0.3 is 5.97 Å². The molecule has 1 aromatic heterocycles. The lowest BCUT2D eigenvalue weighted by molar-refractivity contribution is -0.142. The molecule has 1 heterocycles. The van der Waals surface area contributed by atoms with Gasteiger partial charge in [0.2, 0.25) is 0 Å². The Bertz CT molecular complexity index is 395. The van der Waals surface area contributed by atoms with Gasteiger partial charge in [0.15, 0.2) is 0 Å². The molecule has 0 amide bonds. The number of carboxylic acids is 1. The van der Waals surface area contributed by atoms with E-state index in [1.165, 1.54) is 5.56 Å². The first-order valence-electron chi connectivity index (χ1n) is 6.60. The van der Waals surface area contributed by atoms with Crippen molar-refractivity contribution in [3.05, 3.63) is 18.0 Å². The molecule has 100 valence electrons. The van der Waals surface area contributed by atoms with Gasteiger partial charge in [0.1, 0.15) is 0 Å². The van der Waals surface area contributed by atoms with Gasteiger partial charge in [0.05, 0.1) is 18.7 Å². The van der Waals surface area contributed by atoms with Crippen LogP contribution in [0, 0.1) is 12.8 Å². The van der Waals surface area contributed by atoms with Gasteiger partial charge in [-0.2, -0.15) is 5.10 Å². The van der Waals surface area contributed by atoms with Crippen LogP contribution in [0.1, 0.15) is 31.2 Å². The molecule has 0 radical (unpaired) electrons. The van der Waals surface area contributed by atoms with Crippen LogP contribution in [0.15, 0.2) is 12.4 Å². The van der Waals surface area contributed by atoms with Crippen molar-refractivity contribution in [3.63, 3.8) is 0 Å². The van der Waals surface area contributed by atoms with Crippen LogP contribution in [-0.4, -0.2) is 33.4 Å². The van der Waals surface area contributed by atoms with E-state index in [1.807, 2.05) is 24.0 Å². The molecular formula is C13H21N3O2. The number of nitrogens with zero attached hydrogens (tertiary/aromatic N) is 2. The first-order valence-corrected chi connectivity index (χ1v) is 6.60. The molecule has 5 heteroatoms. The van der Waals surface area contributed by atoms with Crippen LogP contribution in [0.5, 0.6) is 0 Å². The number of carbonyl (C=O) groups is 1. The van der Waals surface area contributed by atoms with Crippen molar-refractivity contribution >= 4 is 5.97 Å². The third kappa shape index (κ3) is 3.57. The molecule has 0 aromatic carbocycles. The van der Waals surface area contributed by atoms with Crippen molar-refractivity contribution in [3.8, 4) is 0 Å². The van der Waals surface area contributed by atoms with E-state index in [0.717, 1.165) is 38.8 Å². The Morgan fingerprint density at radius 3 is 2.78 bits per heavy atom. The standard InChI is InChI=1S/C13H21N3O2/c1-10-8-15-16(9-10)7-6-14-12-4-2-11(3-5-12)13(17)18/h8-9,11-12,14H,2-7H2,1H3,(H,17,18). The van der Waals surface area contributed by atoms with Crippen molar-refractivity contribution in [1.82, 2.24) is 15.1 Å². The smallest absolute Gasteiger partial charge is 0.306 e. The molecule has 1 fully saturated rings. The number of aryl methyl sites for hydroxylation is 1. The lowest BCUT2D eigenvalue weighted by Gasteiger charge is -2.26. The SMILES string of the molecule is Cc1cnn(CCNC2CCC(C(=O)O)CC2)c1. The lowest BCUT2D eigenvalue weighted by Crippen LogP contribution is -2.36. The van der Waals surface area contributed by atoms with Gasteiger partial charge < -0.3 is 10.4 Å². The average molecular weight is 251 g/mol. The fraction of sp³-hybridized carbons (Fsp3) is 0.692. The van der Waals surface area contributed by atoms with E-state index in [0.29, 0.717) is 6.04 Å². The van der Waals surface area contributed by atoms with Gasteiger partial charge in [-0.15, -0.1) is 0 Å². The minimum Gasteiger partial charge on any atom is -0.481 e. The second-order valence-electron chi connectivity index (χ2n) is 5.12. The molecule has 18 heavy (non-hydrogen) atoms. The fourth-order valence-corrected chi connectivity index (χ4v) is 2.52. The maximum atomic E-state index is 10.8. The molecule has 1 aliphatic carbocycles. The van der Waals surface area contributed by atoms with Crippen LogP contribution in [-0.2, 0) is 11.3 Å². The molecule has 2 rings (SSSR count). The largest absolute Gasteiger partial charge is 0.481 e. The number of nitrogens with one attached hydrogen (secondary N) is 1. The van der Waals surface area contributed by atoms with Crippen molar-refractivity contribution in [2.75, 3.05) is 6.54 Å². The molecule has 0 spiro atoms. The van der Waals surface area contributed by atoms with E-state index in [4.69, 9.17) is 5.11 Å². The molecule has 5 nitrogen and oxygen atoms in total. The minimum absolute atomic E-state index is 0.128. The molecule has 0 unspecified atom stereocenters. The summed E-state index contributed by atoms with van der Waals surface area (Å²) in [4.78, 5) is 10.8. The van der Waals surface area contributed by atoms with E-state index in [2.05, 4.69) is 10.4 Å². The highest BCUT2D eigenvalue weighted by Gasteiger charge is 2.25. The summed E-state index contributed by atoms with van der Waals surface area (Å²) in [6.07, 6.45) is 7.42. The second kappa shape index (κ2) is 6.00. The number of carboxylic acid groups (broad SMARTS) is 1. The maximum Gasteiger partial charge on any atom is 0.306 e. The molecule has 0 saturated heterocycles. The lowest BCUT2D eigenvalue weighted by atomic mass is 9.86. The Balaban J connectivity index is 1.65. The molecule has 0 aliphatic heterocycles. The summed E-state index contributed by atoms with van der Waals surface area (Å²) in [5.74, 6) is -0.766. The van der Waals surface area contributed by atoms with Gasteiger partial charge in [-0.25, -0.2) is 0 Å². The number of aliphatic carboxylic acids is 1. The molecule has 0 atom stereocenters. The van der Waals surface area contributed by atoms with Crippen LogP contribution in [0.3, 0.4) is 0 Å². The van der Waals surface area contributed by atoms with Crippen molar-refractivity contribution in [2.45, 2.75) is 45.2 Å². The van der Waals surface area contributed by atoms with Crippen molar-refractivity contribution in [2.24, 2.45) is 5.92 Å². The molecule has 0 bridgehead atoms. The van der Waals surface area contributed by atoms with E-state index >= 15 is 0 Å². The summed E-state index contributed by atoms with van der Waals surface area (Å²) in [7, 11) is 0. The van der Waals surface area contributed by atoms with Crippen molar-refractivity contribution in [1.29, 1.82) is 0 Å². The minimum atomic E-state index is -0.638. The highest BCUT2D eigenvalue weighted by Crippen LogP contribution is 2.24. The Morgan fingerprint density at radius 1 is 1.50 bits per heavy atom. The van der Waals surface area contributed by atoms with E-state index in [9.17, 15) is 4.79 Å². The summed E-state index contributed by atoms with van der Waals surface area (Å²) in [5.41, 5.74) is 1.18. The van der Waals surface area contributed by atoms with E-state index in [1.54, 1.807) is 0 Å². The van der Waals surface area contributed by atoms with Crippen LogP contribution >= 0.6 is 0 Å². The zero-order valence-electron chi connectivity index (χ0n) is 10.8. The number of hydrogen-bond donors (Lipinski definition) is 2. The Labute approximate surface area is 107 Å². The summed E-state index contributed by atoms with van der Waals surface area (Å²) in [6, 6.07) is 0.470. The quantitative estimate of drug-likeness (QED) is 0.830. The number of aromatic nitrogens is 2. The van der Waals surface area contributed by atoms with E-state index < -0.39 is 5.97 Å². The fourth-order valence-electron chi connectivity index (χ4n) is 2.52. The number of rotatable bonds is 5. The van der Waals surface area contributed by atoms with Crippen LogP contribution in [0.2, 0.25) is 0 Å². The van der Waals surface area contributed by atoms with Gasteiger partial charge in [0, 0.05) is 18.8 Å². The molecule has 1 aromatic rings. The molecule has 1 saturated carbocycles. The predicted octanol–water partition coefficient (Wildman–Crippen LogP) is 1.42. The second-order valence-corrected chi connectivity index (χ2v) is 5.12. The highest BCUT2D eigenvalue weighted by atomic mass is 16.4. The molecular weight excluding hydrogens is 230 g/mol. The average Bonchev–Trinajstić information content (AvgIpc) is 2.76. The summed E-state index contributed by atoms with van der Waals surface area (Å²) >= 11 is 0. The maximum absolute atomic E-state index is 10.8. The zero-order valence-corrected chi connectivity index (χ0v) is 10.8. The van der Waals surface area contributed by atoms with Gasteiger partial charge in [0.25, 0.3) is 0 Å². The monoisotopic (exact) mass is 251 g/mol. The first kappa shape index (κ1) is 13.1. The Morgan fingerprint density at radius 2 is 2.22 bits per heavy atom. The molecule has 1 aliphatic rings. The predicted molar refractivity (Wildman–Crippen MR) is 68.3 cm³/mol. The zero-order chi connectivity index (χ0) is 13.0. The normalized spacial score (nSPS) is 24.1. The van der Waals surface area contributed by atoms with Gasteiger partial charge in [-0.3, -0.25) is 9.48 Å². The van der Waals surface area contributed by atoms with Crippen molar-refractivity contribution < 1.29 is 9.90 Å². The Kier molecular flexibility index (Phi) is 4.36. The molecule has 2 N–H and O–H groups in total. The highest BCUT2D eigenvalue weighted by molar-refractivity contribution is 5.70. The van der Waals surface area contributed by atoms with Crippen LogP contribution in [0.25, 0.3) is 0 Å². The van der Waals surface area contributed by atoms with Gasteiger partial charge in [-0.1, -0.05) is 0 Å². The van der Waals surface area contributed by atoms with Crippen LogP contribution in [0.4, 0.5) is 0 Å². The topological polar surface area (TPSA) is 67.2 Å². The van der Waals surface area contributed by atoms with E-state index in [-0.39, 0.29) is 5.92 Å².